The summed E-state index contributed by atoms with van der Waals surface area (Å²) in [5.74, 6) is 2.07. The Morgan fingerprint density at radius 1 is 1.18 bits per heavy atom. The van der Waals surface area contributed by atoms with Crippen LogP contribution in [0.2, 0.25) is 0 Å². The molecule has 6 nitrogen and oxygen atoms in total. The van der Waals surface area contributed by atoms with Crippen LogP contribution < -0.4 is 14.8 Å². The van der Waals surface area contributed by atoms with Crippen molar-refractivity contribution in [2.24, 2.45) is 0 Å². The zero-order valence-electron chi connectivity index (χ0n) is 12.3. The van der Waals surface area contributed by atoms with E-state index in [-0.39, 0.29) is 0 Å². The molecular formula is C16H16N4O2. The lowest BCUT2D eigenvalue weighted by molar-refractivity contribution is 0.171. The number of anilines is 1. The van der Waals surface area contributed by atoms with Gasteiger partial charge < -0.3 is 14.8 Å². The number of nitriles is 1. The number of ether oxygens (including phenoxy) is 2. The molecule has 0 fully saturated rings. The lowest BCUT2D eigenvalue weighted by Crippen LogP contribution is -2.15. The third-order valence-electron chi connectivity index (χ3n) is 3.27. The number of hydrogen-bond acceptors (Lipinski definition) is 6. The fourth-order valence-corrected chi connectivity index (χ4v) is 2.27. The van der Waals surface area contributed by atoms with Gasteiger partial charge in [-0.1, -0.05) is 6.07 Å². The monoisotopic (exact) mass is 296 g/mol. The molecule has 1 aromatic heterocycles. The van der Waals surface area contributed by atoms with Gasteiger partial charge in [0.15, 0.2) is 11.5 Å². The largest absolute Gasteiger partial charge is 0.486 e. The summed E-state index contributed by atoms with van der Waals surface area (Å²) in [6.07, 6.45) is 0.801. The molecule has 112 valence electrons. The lowest BCUT2D eigenvalue weighted by atomic mass is 10.1. The van der Waals surface area contributed by atoms with Crippen molar-refractivity contribution in [3.63, 3.8) is 0 Å². The highest BCUT2D eigenvalue weighted by Crippen LogP contribution is 2.30. The SMILES string of the molecule is Cc1cc(C#N)nc(NCCc2ccc3c(c2)OCCO3)n1. The molecule has 0 aliphatic carbocycles. The third-order valence-corrected chi connectivity index (χ3v) is 3.27. The summed E-state index contributed by atoms with van der Waals surface area (Å²) < 4.78 is 11.1. The van der Waals surface area contributed by atoms with Crippen LogP contribution in [0.3, 0.4) is 0 Å². The molecule has 0 unspecified atom stereocenters. The molecule has 1 N–H and O–H groups in total. The molecule has 0 atom stereocenters. The van der Waals surface area contributed by atoms with E-state index in [0.717, 1.165) is 29.2 Å². The number of nitrogens with one attached hydrogen (secondary N) is 1. The normalized spacial score (nSPS) is 12.5. The van der Waals surface area contributed by atoms with Gasteiger partial charge in [0.2, 0.25) is 5.95 Å². The Morgan fingerprint density at radius 2 is 2.00 bits per heavy atom. The molecule has 2 aromatic rings. The summed E-state index contributed by atoms with van der Waals surface area (Å²) in [4.78, 5) is 8.39. The molecule has 0 amide bonds. The van der Waals surface area contributed by atoms with Crippen LogP contribution in [0, 0.1) is 18.3 Å². The van der Waals surface area contributed by atoms with Gasteiger partial charge in [0.1, 0.15) is 25.0 Å². The molecule has 0 radical (unpaired) electrons. The van der Waals surface area contributed by atoms with Gasteiger partial charge in [-0.05, 0) is 37.1 Å². The minimum absolute atomic E-state index is 0.370. The zero-order chi connectivity index (χ0) is 15.4. The summed E-state index contributed by atoms with van der Waals surface area (Å²) in [6.45, 7) is 3.70. The summed E-state index contributed by atoms with van der Waals surface area (Å²) in [5.41, 5.74) is 2.28. The van der Waals surface area contributed by atoms with Crippen LogP contribution in [-0.4, -0.2) is 29.7 Å². The molecule has 0 bridgehead atoms. The molecule has 2 heterocycles. The number of aromatic nitrogens is 2. The average molecular weight is 296 g/mol. The van der Waals surface area contributed by atoms with E-state index in [4.69, 9.17) is 14.7 Å². The van der Waals surface area contributed by atoms with Crippen molar-refractivity contribution in [1.29, 1.82) is 5.26 Å². The van der Waals surface area contributed by atoms with Crippen molar-refractivity contribution < 1.29 is 9.47 Å². The molecular weight excluding hydrogens is 280 g/mol. The Labute approximate surface area is 128 Å². The smallest absolute Gasteiger partial charge is 0.224 e. The first-order chi connectivity index (χ1) is 10.7. The van der Waals surface area contributed by atoms with Crippen molar-refractivity contribution in [2.45, 2.75) is 13.3 Å². The summed E-state index contributed by atoms with van der Waals surface area (Å²) >= 11 is 0. The second kappa shape index (κ2) is 6.31. The van der Waals surface area contributed by atoms with Crippen molar-refractivity contribution in [1.82, 2.24) is 9.97 Å². The highest BCUT2D eigenvalue weighted by Gasteiger charge is 2.11. The number of hydrogen-bond donors (Lipinski definition) is 1. The molecule has 0 saturated heterocycles. The van der Waals surface area contributed by atoms with Crippen LogP contribution in [-0.2, 0) is 6.42 Å². The highest BCUT2D eigenvalue weighted by molar-refractivity contribution is 5.44. The van der Waals surface area contributed by atoms with E-state index in [1.807, 2.05) is 31.2 Å². The number of aryl methyl sites for hydroxylation is 1. The van der Waals surface area contributed by atoms with Crippen molar-refractivity contribution in [3.05, 3.63) is 41.2 Å². The minimum atomic E-state index is 0.370. The minimum Gasteiger partial charge on any atom is -0.486 e. The second-order valence-corrected chi connectivity index (χ2v) is 4.98. The van der Waals surface area contributed by atoms with Gasteiger partial charge in [-0.15, -0.1) is 0 Å². The van der Waals surface area contributed by atoms with Crippen molar-refractivity contribution in [3.8, 4) is 17.6 Å². The molecule has 3 rings (SSSR count). The van der Waals surface area contributed by atoms with Gasteiger partial charge in [-0.2, -0.15) is 5.26 Å². The Balaban J connectivity index is 1.61. The number of benzene rings is 1. The highest BCUT2D eigenvalue weighted by atomic mass is 16.6. The predicted octanol–water partition coefficient (Wildman–Crippen LogP) is 2.08. The molecule has 1 aliphatic heterocycles. The van der Waals surface area contributed by atoms with Crippen LogP contribution >= 0.6 is 0 Å². The standard InChI is InChI=1S/C16H16N4O2/c1-11-8-13(10-17)20-16(19-11)18-5-4-12-2-3-14-15(9-12)22-7-6-21-14/h2-3,8-9H,4-7H2,1H3,(H,18,19,20). The van der Waals surface area contributed by atoms with E-state index in [9.17, 15) is 0 Å². The van der Waals surface area contributed by atoms with E-state index < -0.39 is 0 Å². The maximum atomic E-state index is 8.91. The first-order valence-corrected chi connectivity index (χ1v) is 7.13. The maximum absolute atomic E-state index is 8.91. The van der Waals surface area contributed by atoms with Gasteiger partial charge in [0.05, 0.1) is 0 Å². The first kappa shape index (κ1) is 14.1. The fourth-order valence-electron chi connectivity index (χ4n) is 2.27. The van der Waals surface area contributed by atoms with Crippen LogP contribution in [0.15, 0.2) is 24.3 Å². The number of rotatable bonds is 4. The Bertz CT molecular complexity index is 725. The molecule has 0 spiro atoms. The van der Waals surface area contributed by atoms with Crippen molar-refractivity contribution >= 4 is 5.95 Å². The van der Waals surface area contributed by atoms with E-state index in [1.54, 1.807) is 6.07 Å². The molecule has 22 heavy (non-hydrogen) atoms. The molecule has 0 saturated carbocycles. The summed E-state index contributed by atoms with van der Waals surface area (Å²) in [6, 6.07) is 9.63. The van der Waals surface area contributed by atoms with E-state index in [1.165, 1.54) is 0 Å². The first-order valence-electron chi connectivity index (χ1n) is 7.13. The lowest BCUT2D eigenvalue weighted by Gasteiger charge is -2.18. The zero-order valence-corrected chi connectivity index (χ0v) is 12.3. The van der Waals surface area contributed by atoms with E-state index in [2.05, 4.69) is 15.3 Å². The molecule has 1 aromatic carbocycles. The third kappa shape index (κ3) is 3.26. The van der Waals surface area contributed by atoms with Gasteiger partial charge in [0.25, 0.3) is 0 Å². The quantitative estimate of drug-likeness (QED) is 0.930. The second-order valence-electron chi connectivity index (χ2n) is 4.98. The maximum Gasteiger partial charge on any atom is 0.224 e. The Morgan fingerprint density at radius 3 is 2.82 bits per heavy atom. The van der Waals surface area contributed by atoms with Gasteiger partial charge in [-0.25, -0.2) is 9.97 Å². The Hall–Kier alpha value is -2.81. The van der Waals surface area contributed by atoms with Gasteiger partial charge >= 0.3 is 0 Å². The summed E-state index contributed by atoms with van der Waals surface area (Å²) in [5, 5.41) is 12.1. The van der Waals surface area contributed by atoms with Crippen LogP contribution in [0.5, 0.6) is 11.5 Å². The average Bonchev–Trinajstić information content (AvgIpc) is 2.54. The van der Waals surface area contributed by atoms with Crippen LogP contribution in [0.1, 0.15) is 17.0 Å². The topological polar surface area (TPSA) is 80.1 Å². The molecule has 1 aliphatic rings. The Kier molecular flexibility index (Phi) is 4.05. The predicted molar refractivity (Wildman–Crippen MR) is 81.1 cm³/mol. The van der Waals surface area contributed by atoms with E-state index >= 15 is 0 Å². The van der Waals surface area contributed by atoms with Crippen LogP contribution in [0.4, 0.5) is 5.95 Å². The number of fused-ring (bicyclic) bond motifs is 1. The fraction of sp³-hybridized carbons (Fsp3) is 0.312. The number of nitrogens with zero attached hydrogens (tertiary/aromatic N) is 3. The van der Waals surface area contributed by atoms with E-state index in [0.29, 0.717) is 31.4 Å². The van der Waals surface area contributed by atoms with Gasteiger partial charge in [-0.3, -0.25) is 0 Å². The van der Waals surface area contributed by atoms with Crippen LogP contribution in [0.25, 0.3) is 0 Å². The van der Waals surface area contributed by atoms with Crippen molar-refractivity contribution in [2.75, 3.05) is 25.1 Å². The molecule has 6 heteroatoms. The summed E-state index contributed by atoms with van der Waals surface area (Å²) in [7, 11) is 0. The van der Waals surface area contributed by atoms with Gasteiger partial charge in [0, 0.05) is 12.2 Å².